The molecule has 0 N–H and O–H groups in total. The van der Waals surface area contributed by atoms with Crippen molar-refractivity contribution in [3.63, 3.8) is 0 Å². The second-order valence-electron chi connectivity index (χ2n) is 12.4. The van der Waals surface area contributed by atoms with Crippen LogP contribution in [-0.2, 0) is 4.74 Å². The number of methoxy groups -OCH3 is 1. The van der Waals surface area contributed by atoms with E-state index in [1.54, 1.807) is 0 Å². The summed E-state index contributed by atoms with van der Waals surface area (Å²) in [6.45, 7) is 14.9. The lowest BCUT2D eigenvalue weighted by Gasteiger charge is -2.55. The lowest BCUT2D eigenvalue weighted by molar-refractivity contribution is -0.00885. The number of ether oxygens (including phenoxy) is 1. The summed E-state index contributed by atoms with van der Waals surface area (Å²) in [5, 5.41) is 0. The summed E-state index contributed by atoms with van der Waals surface area (Å²) in [7, 11) is 1.92. The van der Waals surface area contributed by atoms with E-state index in [-0.39, 0.29) is 0 Å². The van der Waals surface area contributed by atoms with Gasteiger partial charge < -0.3 is 4.74 Å². The van der Waals surface area contributed by atoms with Crippen molar-refractivity contribution in [2.24, 2.45) is 46.3 Å². The van der Waals surface area contributed by atoms with Gasteiger partial charge in [-0.25, -0.2) is 0 Å². The van der Waals surface area contributed by atoms with Gasteiger partial charge in [0.15, 0.2) is 0 Å². The molecule has 1 heteroatoms. The standard InChI is InChI=1S/C29H48O/c1-19(2)20(3)8-9-21(4)25-12-13-26-24-11-10-22-18-23(30-7)14-16-28(22,5)27(24)15-17-29(25,26)6/h8-9,19-23,25-26H,10-18H2,1-7H3. The third kappa shape index (κ3) is 3.66. The molecular formula is C29H48O. The average molecular weight is 413 g/mol. The molecule has 4 rings (SSSR count). The quantitative estimate of drug-likeness (QED) is 0.413. The maximum atomic E-state index is 5.78. The van der Waals surface area contributed by atoms with Crippen LogP contribution in [0.1, 0.15) is 99.3 Å². The van der Waals surface area contributed by atoms with Crippen LogP contribution in [0.3, 0.4) is 0 Å². The van der Waals surface area contributed by atoms with E-state index < -0.39 is 0 Å². The number of allylic oxidation sites excluding steroid dienone is 4. The summed E-state index contributed by atoms with van der Waals surface area (Å²) >= 11 is 0. The number of rotatable bonds is 5. The fraction of sp³-hybridized carbons (Fsp3) is 0.862. The molecule has 4 aliphatic rings. The van der Waals surface area contributed by atoms with Crippen LogP contribution in [0.25, 0.3) is 0 Å². The Labute approximate surface area is 187 Å². The van der Waals surface area contributed by atoms with Crippen LogP contribution in [0, 0.1) is 46.3 Å². The summed E-state index contributed by atoms with van der Waals surface area (Å²) in [6.07, 6.45) is 18.0. The van der Waals surface area contributed by atoms with E-state index >= 15 is 0 Å². The number of hydrogen-bond acceptors (Lipinski definition) is 1. The van der Waals surface area contributed by atoms with Crippen molar-refractivity contribution in [2.45, 2.75) is 105 Å². The molecule has 0 aliphatic heterocycles. The highest BCUT2D eigenvalue weighted by Crippen LogP contribution is 2.65. The highest BCUT2D eigenvalue weighted by molar-refractivity contribution is 5.34. The van der Waals surface area contributed by atoms with Crippen LogP contribution in [0.5, 0.6) is 0 Å². The molecule has 0 heterocycles. The summed E-state index contributed by atoms with van der Waals surface area (Å²) in [6, 6.07) is 0. The van der Waals surface area contributed by atoms with Crippen LogP contribution in [-0.4, -0.2) is 13.2 Å². The van der Waals surface area contributed by atoms with E-state index in [4.69, 9.17) is 4.74 Å². The van der Waals surface area contributed by atoms with Crippen molar-refractivity contribution in [3.05, 3.63) is 23.3 Å². The van der Waals surface area contributed by atoms with Gasteiger partial charge in [-0.3, -0.25) is 0 Å². The van der Waals surface area contributed by atoms with Gasteiger partial charge in [-0.15, -0.1) is 0 Å². The van der Waals surface area contributed by atoms with Crippen LogP contribution in [0.15, 0.2) is 23.3 Å². The zero-order valence-electron chi connectivity index (χ0n) is 21.0. The molecule has 0 saturated heterocycles. The lowest BCUT2D eigenvalue weighted by atomic mass is 9.50. The SMILES string of the molecule is COC1CCC2(C)C3=C(CCC2C1)C1CCC(C(C)C=CC(C)C(C)C)C1(C)CC3. The van der Waals surface area contributed by atoms with Crippen LogP contribution in [0.4, 0.5) is 0 Å². The van der Waals surface area contributed by atoms with Crippen LogP contribution < -0.4 is 0 Å². The predicted molar refractivity (Wildman–Crippen MR) is 128 cm³/mol. The molecule has 0 amide bonds. The molecule has 2 saturated carbocycles. The Morgan fingerprint density at radius 2 is 1.70 bits per heavy atom. The highest BCUT2D eigenvalue weighted by atomic mass is 16.5. The molecule has 2 fully saturated rings. The second kappa shape index (κ2) is 8.42. The Bertz CT molecular complexity index is 686. The zero-order valence-corrected chi connectivity index (χ0v) is 21.0. The first kappa shape index (κ1) is 22.6. The minimum Gasteiger partial charge on any atom is -0.381 e. The fourth-order valence-electron chi connectivity index (χ4n) is 8.25. The maximum Gasteiger partial charge on any atom is 0.0574 e. The molecule has 1 nitrogen and oxygen atoms in total. The van der Waals surface area contributed by atoms with E-state index in [1.807, 2.05) is 18.3 Å². The Morgan fingerprint density at radius 1 is 0.933 bits per heavy atom. The molecule has 0 aromatic heterocycles. The summed E-state index contributed by atoms with van der Waals surface area (Å²) in [5.74, 6) is 4.73. The van der Waals surface area contributed by atoms with E-state index in [1.165, 1.54) is 57.8 Å². The van der Waals surface area contributed by atoms with Gasteiger partial charge in [0.1, 0.15) is 0 Å². The summed E-state index contributed by atoms with van der Waals surface area (Å²) in [4.78, 5) is 0. The monoisotopic (exact) mass is 412 g/mol. The molecule has 0 aromatic carbocycles. The maximum absolute atomic E-state index is 5.78. The van der Waals surface area contributed by atoms with Crippen molar-refractivity contribution < 1.29 is 4.74 Å². The van der Waals surface area contributed by atoms with Crippen LogP contribution in [0.2, 0.25) is 0 Å². The molecule has 30 heavy (non-hydrogen) atoms. The van der Waals surface area contributed by atoms with Gasteiger partial charge in [0, 0.05) is 7.11 Å². The normalized spacial score (nSPS) is 43.5. The molecule has 4 aliphatic carbocycles. The van der Waals surface area contributed by atoms with Gasteiger partial charge in [0.25, 0.3) is 0 Å². The minimum atomic E-state index is 0.472. The molecule has 8 atom stereocenters. The van der Waals surface area contributed by atoms with Gasteiger partial charge in [-0.05, 0) is 104 Å². The molecule has 170 valence electrons. The van der Waals surface area contributed by atoms with E-state index in [9.17, 15) is 0 Å². The smallest absolute Gasteiger partial charge is 0.0574 e. The van der Waals surface area contributed by atoms with Gasteiger partial charge in [0.2, 0.25) is 0 Å². The van der Waals surface area contributed by atoms with Crippen molar-refractivity contribution in [3.8, 4) is 0 Å². The van der Waals surface area contributed by atoms with Crippen molar-refractivity contribution in [1.29, 1.82) is 0 Å². The molecule has 8 unspecified atom stereocenters. The first-order chi connectivity index (χ1) is 14.2. The van der Waals surface area contributed by atoms with Gasteiger partial charge in [0.05, 0.1) is 6.10 Å². The number of fused-ring (bicyclic) bond motifs is 4. The summed E-state index contributed by atoms with van der Waals surface area (Å²) < 4.78 is 5.78. The van der Waals surface area contributed by atoms with Gasteiger partial charge >= 0.3 is 0 Å². The molecule has 0 bridgehead atoms. The Kier molecular flexibility index (Phi) is 6.35. The van der Waals surface area contributed by atoms with Crippen molar-refractivity contribution >= 4 is 0 Å². The average Bonchev–Trinajstić information content (AvgIpc) is 3.08. The van der Waals surface area contributed by atoms with Gasteiger partial charge in [-0.2, -0.15) is 0 Å². The van der Waals surface area contributed by atoms with Crippen molar-refractivity contribution in [2.75, 3.05) is 7.11 Å². The van der Waals surface area contributed by atoms with Crippen molar-refractivity contribution in [1.82, 2.24) is 0 Å². The third-order valence-corrected chi connectivity index (χ3v) is 10.8. The topological polar surface area (TPSA) is 9.23 Å². The molecular weight excluding hydrogens is 364 g/mol. The van der Waals surface area contributed by atoms with E-state index in [0.717, 1.165) is 23.7 Å². The zero-order chi connectivity index (χ0) is 21.7. The summed E-state index contributed by atoms with van der Waals surface area (Å²) in [5.41, 5.74) is 4.86. The Morgan fingerprint density at radius 3 is 2.40 bits per heavy atom. The highest BCUT2D eigenvalue weighted by Gasteiger charge is 2.55. The Balaban J connectivity index is 1.55. The molecule has 0 aromatic rings. The number of hydrogen-bond donors (Lipinski definition) is 0. The molecule has 0 spiro atoms. The second-order valence-corrected chi connectivity index (χ2v) is 12.4. The fourth-order valence-corrected chi connectivity index (χ4v) is 8.25. The van der Waals surface area contributed by atoms with E-state index in [2.05, 4.69) is 53.7 Å². The lowest BCUT2D eigenvalue weighted by Crippen LogP contribution is -2.45. The first-order valence-electron chi connectivity index (χ1n) is 13.1. The predicted octanol–water partition coefficient (Wildman–Crippen LogP) is 8.21. The van der Waals surface area contributed by atoms with Gasteiger partial charge in [-0.1, -0.05) is 64.8 Å². The Hall–Kier alpha value is -0.560. The van der Waals surface area contributed by atoms with E-state index in [0.29, 0.717) is 28.8 Å². The molecule has 0 radical (unpaired) electrons. The first-order valence-corrected chi connectivity index (χ1v) is 13.1. The minimum absolute atomic E-state index is 0.472. The largest absolute Gasteiger partial charge is 0.381 e. The third-order valence-electron chi connectivity index (χ3n) is 10.8. The van der Waals surface area contributed by atoms with Crippen LogP contribution >= 0.6 is 0 Å².